The molecule has 1 aromatic rings. The fraction of sp³-hybridized carbons (Fsp3) is 0.545. The third-order valence-corrected chi connectivity index (χ3v) is 5.52. The highest BCUT2D eigenvalue weighted by molar-refractivity contribution is 7.78. The number of aliphatic carboxylic acids is 3. The van der Waals surface area contributed by atoms with E-state index in [4.69, 9.17) is 4.74 Å². The Morgan fingerprint density at radius 2 is 1.50 bits per heavy atom. The molecule has 0 saturated carbocycles. The molecule has 186 valence electrons. The summed E-state index contributed by atoms with van der Waals surface area (Å²) in [5.41, 5.74) is 1.57. The first-order valence-corrected chi connectivity index (χ1v) is 11.3. The minimum absolute atomic E-state index is 0.179. The van der Waals surface area contributed by atoms with Crippen molar-refractivity contribution < 1.29 is 34.4 Å². The first-order valence-electron chi connectivity index (χ1n) is 10.9. The minimum Gasteiger partial charge on any atom is -0.480 e. The number of thiocarbonyl (C=S) groups is 1. The van der Waals surface area contributed by atoms with Crippen molar-refractivity contribution in [3.63, 3.8) is 0 Å². The molecule has 1 aromatic carbocycles. The van der Waals surface area contributed by atoms with E-state index in [0.717, 1.165) is 5.56 Å². The molecule has 1 saturated heterocycles. The van der Waals surface area contributed by atoms with E-state index in [-0.39, 0.29) is 32.3 Å². The number of aliphatic imine (C=N–C) groups is 1. The molecule has 1 heterocycles. The molecule has 1 aliphatic rings. The fourth-order valence-electron chi connectivity index (χ4n) is 3.85. The predicted octanol–water partition coefficient (Wildman–Crippen LogP) is 0.522. The zero-order valence-corrected chi connectivity index (χ0v) is 19.7. The smallest absolute Gasteiger partial charge is 0.317 e. The maximum Gasteiger partial charge on any atom is 0.317 e. The number of rotatable bonds is 9. The lowest BCUT2D eigenvalue weighted by Gasteiger charge is -2.36. The van der Waals surface area contributed by atoms with Gasteiger partial charge in [0.15, 0.2) is 0 Å². The van der Waals surface area contributed by atoms with E-state index >= 15 is 0 Å². The normalized spacial score (nSPS) is 19.4. The molecule has 0 aliphatic carbocycles. The highest BCUT2D eigenvalue weighted by Crippen LogP contribution is 2.17. The molecule has 0 radical (unpaired) electrons. The summed E-state index contributed by atoms with van der Waals surface area (Å²) in [6, 6.07) is 6.96. The standard InChI is InChI=1S/C22H30N4O7S/c27-20(28)13-24-5-6-26(15-22(31)32)19(11-17-1-3-18(4-2-17)23-16-34)12-25(14-21(29)30)8-10-33-9-7-24/h1-4,19H,5-15H2,(H,27,28)(H,29,30)(H,31,32). The van der Waals surface area contributed by atoms with Crippen LogP contribution in [-0.2, 0) is 25.5 Å². The van der Waals surface area contributed by atoms with E-state index in [2.05, 4.69) is 22.4 Å². The summed E-state index contributed by atoms with van der Waals surface area (Å²) in [5, 5.41) is 30.4. The van der Waals surface area contributed by atoms with Gasteiger partial charge in [-0.2, -0.15) is 4.99 Å². The molecular formula is C22H30N4O7S. The minimum atomic E-state index is -1.01. The lowest BCUT2D eigenvalue weighted by molar-refractivity contribution is -0.141. The lowest BCUT2D eigenvalue weighted by atomic mass is 10.0. The fourth-order valence-corrected chi connectivity index (χ4v) is 3.95. The lowest BCUT2D eigenvalue weighted by Crippen LogP contribution is -2.52. The van der Waals surface area contributed by atoms with Gasteiger partial charge in [0.1, 0.15) is 0 Å². The molecule has 0 amide bonds. The summed E-state index contributed by atoms with van der Waals surface area (Å²) in [6.45, 7) is 1.62. The molecule has 1 atom stereocenters. The number of carbonyl (C=O) groups is 3. The first-order chi connectivity index (χ1) is 16.3. The van der Waals surface area contributed by atoms with Crippen LogP contribution in [-0.4, -0.2) is 125 Å². The molecule has 3 N–H and O–H groups in total. The van der Waals surface area contributed by atoms with E-state index in [1.807, 2.05) is 12.1 Å². The Morgan fingerprint density at radius 3 is 2.09 bits per heavy atom. The van der Waals surface area contributed by atoms with Crippen molar-refractivity contribution in [3.05, 3.63) is 29.8 Å². The van der Waals surface area contributed by atoms with Gasteiger partial charge in [0.2, 0.25) is 0 Å². The molecule has 12 heteroatoms. The maximum absolute atomic E-state index is 11.7. The SMILES string of the molecule is O=C(O)CN1CCOCCN(CC(=O)O)CC(Cc2ccc(N=C=S)cc2)N(CC(=O)O)CC1. The zero-order chi connectivity index (χ0) is 24.9. The molecule has 11 nitrogen and oxygen atoms in total. The molecule has 2 rings (SSSR count). The van der Waals surface area contributed by atoms with Crippen LogP contribution in [0, 0.1) is 0 Å². The van der Waals surface area contributed by atoms with Crippen molar-refractivity contribution in [3.8, 4) is 0 Å². The molecule has 1 fully saturated rings. The maximum atomic E-state index is 11.7. The number of carboxylic acids is 3. The second-order valence-electron chi connectivity index (χ2n) is 8.00. The van der Waals surface area contributed by atoms with Crippen LogP contribution in [0.1, 0.15) is 5.56 Å². The quantitative estimate of drug-likeness (QED) is 0.326. The van der Waals surface area contributed by atoms with Gasteiger partial charge in [-0.3, -0.25) is 29.1 Å². The zero-order valence-electron chi connectivity index (χ0n) is 18.8. The topological polar surface area (TPSA) is 143 Å². The van der Waals surface area contributed by atoms with Gasteiger partial charge in [0.25, 0.3) is 0 Å². The Morgan fingerprint density at radius 1 is 0.912 bits per heavy atom. The van der Waals surface area contributed by atoms with Crippen molar-refractivity contribution in [1.29, 1.82) is 0 Å². The number of ether oxygens (including phenoxy) is 1. The predicted molar refractivity (Wildman–Crippen MR) is 127 cm³/mol. The van der Waals surface area contributed by atoms with E-state index in [0.29, 0.717) is 51.4 Å². The molecular weight excluding hydrogens is 464 g/mol. The first kappa shape index (κ1) is 27.5. The Hall–Kier alpha value is -2.73. The average molecular weight is 495 g/mol. The van der Waals surface area contributed by atoms with Crippen LogP contribution < -0.4 is 0 Å². The van der Waals surface area contributed by atoms with Crippen LogP contribution in [0.4, 0.5) is 5.69 Å². The summed E-state index contributed by atoms with van der Waals surface area (Å²) in [6.07, 6.45) is 0.463. The van der Waals surface area contributed by atoms with Gasteiger partial charge in [-0.25, -0.2) is 0 Å². The van der Waals surface area contributed by atoms with Crippen LogP contribution in [0.3, 0.4) is 0 Å². The van der Waals surface area contributed by atoms with Crippen LogP contribution in [0.15, 0.2) is 29.3 Å². The van der Waals surface area contributed by atoms with Crippen molar-refractivity contribution in [2.75, 3.05) is 65.6 Å². The monoisotopic (exact) mass is 494 g/mol. The number of benzene rings is 1. The number of hydrogen-bond acceptors (Lipinski definition) is 9. The molecule has 1 unspecified atom stereocenters. The molecule has 1 aliphatic heterocycles. The molecule has 0 spiro atoms. The van der Waals surface area contributed by atoms with Crippen LogP contribution in [0.5, 0.6) is 0 Å². The Kier molecular flexibility index (Phi) is 11.7. The number of isothiocyanates is 1. The second kappa shape index (κ2) is 14.5. The van der Waals surface area contributed by atoms with Gasteiger partial charge in [0, 0.05) is 38.8 Å². The third-order valence-electron chi connectivity index (χ3n) is 5.43. The van der Waals surface area contributed by atoms with Crippen molar-refractivity contribution >= 4 is 41.0 Å². The summed E-state index contributed by atoms with van der Waals surface area (Å²) >= 11 is 4.63. The Balaban J connectivity index is 2.32. The Bertz CT molecular complexity index is 877. The second-order valence-corrected chi connectivity index (χ2v) is 8.19. The molecule has 34 heavy (non-hydrogen) atoms. The van der Waals surface area contributed by atoms with E-state index < -0.39 is 17.9 Å². The van der Waals surface area contributed by atoms with E-state index in [1.54, 1.807) is 26.8 Å². The molecule has 0 aromatic heterocycles. The third kappa shape index (κ3) is 10.5. The van der Waals surface area contributed by atoms with Crippen LogP contribution in [0.25, 0.3) is 0 Å². The van der Waals surface area contributed by atoms with Crippen molar-refractivity contribution in [2.24, 2.45) is 4.99 Å². The Labute approximate surface area is 203 Å². The van der Waals surface area contributed by atoms with Gasteiger partial charge in [-0.15, -0.1) is 0 Å². The molecule has 0 bridgehead atoms. The summed E-state index contributed by atoms with van der Waals surface area (Å²) in [4.78, 5) is 43.5. The summed E-state index contributed by atoms with van der Waals surface area (Å²) < 4.78 is 5.61. The number of carboxylic acid groups (broad SMARTS) is 3. The van der Waals surface area contributed by atoms with E-state index in [1.165, 1.54) is 0 Å². The van der Waals surface area contributed by atoms with Gasteiger partial charge < -0.3 is 20.1 Å². The number of nitrogens with zero attached hydrogens (tertiary/aromatic N) is 4. The highest BCUT2D eigenvalue weighted by Gasteiger charge is 2.26. The van der Waals surface area contributed by atoms with Crippen LogP contribution >= 0.6 is 12.2 Å². The highest BCUT2D eigenvalue weighted by atomic mass is 32.1. The average Bonchev–Trinajstić information content (AvgIpc) is 2.75. The summed E-state index contributed by atoms with van der Waals surface area (Å²) in [5.74, 6) is -2.97. The van der Waals surface area contributed by atoms with Gasteiger partial charge in [-0.1, -0.05) is 12.1 Å². The van der Waals surface area contributed by atoms with Gasteiger partial charge >= 0.3 is 17.9 Å². The van der Waals surface area contributed by atoms with Crippen molar-refractivity contribution in [2.45, 2.75) is 12.5 Å². The van der Waals surface area contributed by atoms with Crippen LogP contribution in [0.2, 0.25) is 0 Å². The number of hydrogen-bond donors (Lipinski definition) is 3. The van der Waals surface area contributed by atoms with Crippen molar-refractivity contribution in [1.82, 2.24) is 14.7 Å². The van der Waals surface area contributed by atoms with Gasteiger partial charge in [-0.05, 0) is 36.3 Å². The summed E-state index contributed by atoms with van der Waals surface area (Å²) in [7, 11) is 0. The van der Waals surface area contributed by atoms with Gasteiger partial charge in [0.05, 0.1) is 43.7 Å². The largest absolute Gasteiger partial charge is 0.480 e. The van der Waals surface area contributed by atoms with E-state index in [9.17, 15) is 29.7 Å².